The van der Waals surface area contributed by atoms with Gasteiger partial charge in [-0.25, -0.2) is 0 Å². The molecule has 2 aliphatic rings. The summed E-state index contributed by atoms with van der Waals surface area (Å²) in [5.74, 6) is 2.38. The fraction of sp³-hybridized carbons (Fsp3) is 0.250. The van der Waals surface area contributed by atoms with E-state index >= 15 is 0 Å². The smallest absolute Gasteiger partial charge is 0.156 e. The molecule has 0 atom stereocenters. The largest absolute Gasteiger partial charge is 0.372 e. The van der Waals surface area contributed by atoms with Gasteiger partial charge in [-0.1, -0.05) is 35.7 Å². The molecule has 2 aromatic carbocycles. The van der Waals surface area contributed by atoms with Crippen LogP contribution < -0.4 is 0 Å². The standard InChI is InChI=1S/C16H15OS3/c1-2-4-14-13(3-1)18-15-6-5-12(11-16(15)19-14)20-9-7-17-8-10-20/h1-6,11H,7-10H2/q+1. The molecule has 0 N–H and O–H groups in total. The van der Waals surface area contributed by atoms with Crippen LogP contribution in [0, 0.1) is 0 Å². The number of fused-ring (bicyclic) bond motifs is 2. The molecule has 1 nitrogen and oxygen atoms in total. The van der Waals surface area contributed by atoms with Gasteiger partial charge in [0.2, 0.25) is 0 Å². The van der Waals surface area contributed by atoms with E-state index in [4.69, 9.17) is 4.74 Å². The van der Waals surface area contributed by atoms with Crippen LogP contribution in [0.4, 0.5) is 0 Å². The highest BCUT2D eigenvalue weighted by molar-refractivity contribution is 8.05. The Kier molecular flexibility index (Phi) is 3.73. The summed E-state index contributed by atoms with van der Waals surface area (Å²) in [7, 11) is 0.389. The quantitative estimate of drug-likeness (QED) is 0.619. The average molecular weight is 319 g/mol. The Hall–Kier alpha value is -0.550. The molecule has 0 radical (unpaired) electrons. The lowest BCUT2D eigenvalue weighted by molar-refractivity contribution is 0.159. The van der Waals surface area contributed by atoms with Crippen LogP contribution in [0.2, 0.25) is 0 Å². The maximum atomic E-state index is 5.48. The molecule has 2 heterocycles. The first-order valence-electron chi connectivity index (χ1n) is 6.74. The first-order chi connectivity index (χ1) is 9.90. The van der Waals surface area contributed by atoms with E-state index in [1.807, 2.05) is 23.5 Å². The van der Waals surface area contributed by atoms with Gasteiger partial charge in [-0.15, -0.1) is 0 Å². The third-order valence-electron chi connectivity index (χ3n) is 3.49. The van der Waals surface area contributed by atoms with Gasteiger partial charge in [0.15, 0.2) is 4.90 Å². The highest BCUT2D eigenvalue weighted by Crippen LogP contribution is 2.48. The van der Waals surface area contributed by atoms with E-state index in [0.717, 1.165) is 13.2 Å². The van der Waals surface area contributed by atoms with E-state index in [1.165, 1.54) is 36.0 Å². The summed E-state index contributed by atoms with van der Waals surface area (Å²) in [6.45, 7) is 1.84. The monoisotopic (exact) mass is 319 g/mol. The van der Waals surface area contributed by atoms with Crippen molar-refractivity contribution in [1.29, 1.82) is 0 Å². The second-order valence-corrected chi connectivity index (χ2v) is 9.21. The molecule has 1 saturated heterocycles. The van der Waals surface area contributed by atoms with Crippen molar-refractivity contribution in [3.05, 3.63) is 42.5 Å². The molecule has 2 aliphatic heterocycles. The zero-order valence-electron chi connectivity index (χ0n) is 11.0. The van der Waals surface area contributed by atoms with Gasteiger partial charge in [0.05, 0.1) is 13.2 Å². The Bertz CT molecular complexity index is 635. The molecule has 2 aromatic rings. The lowest BCUT2D eigenvalue weighted by Gasteiger charge is -2.19. The lowest BCUT2D eigenvalue weighted by Crippen LogP contribution is -2.26. The van der Waals surface area contributed by atoms with E-state index in [1.54, 1.807) is 0 Å². The van der Waals surface area contributed by atoms with Crippen molar-refractivity contribution in [2.45, 2.75) is 24.5 Å². The van der Waals surface area contributed by atoms with Crippen LogP contribution >= 0.6 is 23.5 Å². The zero-order valence-corrected chi connectivity index (χ0v) is 13.5. The fourth-order valence-corrected chi connectivity index (χ4v) is 6.63. The molecule has 0 aliphatic carbocycles. The Morgan fingerprint density at radius 1 is 0.800 bits per heavy atom. The molecule has 4 rings (SSSR count). The van der Waals surface area contributed by atoms with Gasteiger partial charge in [-0.2, -0.15) is 0 Å². The first kappa shape index (κ1) is 13.1. The van der Waals surface area contributed by atoms with Gasteiger partial charge in [0, 0.05) is 36.5 Å². The minimum atomic E-state index is 0.389. The molecular weight excluding hydrogens is 304 g/mol. The summed E-state index contributed by atoms with van der Waals surface area (Å²) in [4.78, 5) is 7.10. The average Bonchev–Trinajstić information content (AvgIpc) is 2.53. The minimum absolute atomic E-state index is 0.389. The number of rotatable bonds is 1. The molecule has 0 saturated carbocycles. The third-order valence-corrected chi connectivity index (χ3v) is 8.27. The Balaban J connectivity index is 1.65. The Labute approximate surface area is 130 Å². The predicted octanol–water partition coefficient (Wildman–Crippen LogP) is 4.31. The molecular formula is C16H15OS3+. The summed E-state index contributed by atoms with van der Waals surface area (Å²) < 4.78 is 5.48. The van der Waals surface area contributed by atoms with Crippen molar-refractivity contribution in [1.82, 2.24) is 0 Å². The Morgan fingerprint density at radius 2 is 1.45 bits per heavy atom. The highest BCUT2D eigenvalue weighted by atomic mass is 32.2. The van der Waals surface area contributed by atoms with Crippen LogP contribution in [0.25, 0.3) is 0 Å². The topological polar surface area (TPSA) is 9.23 Å². The van der Waals surface area contributed by atoms with Crippen molar-refractivity contribution in [3.63, 3.8) is 0 Å². The molecule has 0 unspecified atom stereocenters. The van der Waals surface area contributed by atoms with Crippen LogP contribution in [0.3, 0.4) is 0 Å². The van der Waals surface area contributed by atoms with Gasteiger partial charge in [-0.3, -0.25) is 0 Å². The molecule has 4 heteroatoms. The molecule has 0 amide bonds. The number of hydrogen-bond donors (Lipinski definition) is 0. The second kappa shape index (κ2) is 5.68. The van der Waals surface area contributed by atoms with Crippen molar-refractivity contribution in [2.75, 3.05) is 24.7 Å². The summed E-state index contributed by atoms with van der Waals surface area (Å²) in [5.41, 5.74) is 0. The lowest BCUT2D eigenvalue weighted by atomic mass is 10.3. The summed E-state index contributed by atoms with van der Waals surface area (Å²) in [5, 5.41) is 0. The summed E-state index contributed by atoms with van der Waals surface area (Å²) in [6.07, 6.45) is 0. The van der Waals surface area contributed by atoms with Crippen molar-refractivity contribution in [2.24, 2.45) is 0 Å². The predicted molar refractivity (Wildman–Crippen MR) is 87.3 cm³/mol. The van der Waals surface area contributed by atoms with Gasteiger partial charge >= 0.3 is 0 Å². The number of benzene rings is 2. The third kappa shape index (κ3) is 2.50. The van der Waals surface area contributed by atoms with E-state index in [-0.39, 0.29) is 0 Å². The molecule has 0 spiro atoms. The fourth-order valence-electron chi connectivity index (χ4n) is 2.45. The second-order valence-electron chi connectivity index (χ2n) is 4.77. The van der Waals surface area contributed by atoms with Gasteiger partial charge in [0.1, 0.15) is 11.5 Å². The summed E-state index contributed by atoms with van der Waals surface area (Å²) >= 11 is 3.81. The van der Waals surface area contributed by atoms with Crippen LogP contribution in [-0.2, 0) is 15.6 Å². The van der Waals surface area contributed by atoms with Crippen LogP contribution in [-0.4, -0.2) is 24.7 Å². The molecule has 20 heavy (non-hydrogen) atoms. The zero-order chi connectivity index (χ0) is 13.4. The van der Waals surface area contributed by atoms with E-state index in [2.05, 4.69) is 42.5 Å². The normalized spacial score (nSPS) is 18.4. The van der Waals surface area contributed by atoms with Gasteiger partial charge in [-0.05, 0) is 24.3 Å². The maximum absolute atomic E-state index is 5.48. The maximum Gasteiger partial charge on any atom is 0.156 e. The number of ether oxygens (including phenoxy) is 1. The van der Waals surface area contributed by atoms with Gasteiger partial charge in [0.25, 0.3) is 0 Å². The SMILES string of the molecule is c1ccc2c(c1)Sc1ccc([S+]3CCOCC3)cc1S2. The molecule has 102 valence electrons. The van der Waals surface area contributed by atoms with Crippen molar-refractivity contribution >= 4 is 34.4 Å². The van der Waals surface area contributed by atoms with Crippen molar-refractivity contribution < 1.29 is 4.74 Å². The van der Waals surface area contributed by atoms with Crippen molar-refractivity contribution in [3.8, 4) is 0 Å². The van der Waals surface area contributed by atoms with Crippen LogP contribution in [0.5, 0.6) is 0 Å². The summed E-state index contributed by atoms with van der Waals surface area (Å²) in [6, 6.07) is 15.7. The van der Waals surface area contributed by atoms with E-state index in [0.29, 0.717) is 10.9 Å². The molecule has 0 bridgehead atoms. The van der Waals surface area contributed by atoms with Gasteiger partial charge < -0.3 is 4.74 Å². The highest BCUT2D eigenvalue weighted by Gasteiger charge is 2.27. The molecule has 1 fully saturated rings. The molecule has 0 aromatic heterocycles. The minimum Gasteiger partial charge on any atom is -0.372 e. The Morgan fingerprint density at radius 3 is 2.20 bits per heavy atom. The van der Waals surface area contributed by atoms with E-state index in [9.17, 15) is 0 Å². The van der Waals surface area contributed by atoms with E-state index < -0.39 is 0 Å². The first-order valence-corrected chi connectivity index (χ1v) is 9.94. The van der Waals surface area contributed by atoms with Crippen LogP contribution in [0.1, 0.15) is 0 Å². The van der Waals surface area contributed by atoms with Crippen LogP contribution in [0.15, 0.2) is 66.9 Å². The number of hydrogen-bond acceptors (Lipinski definition) is 3.